The number of rotatable bonds is 5. The molecular weight excluding hydrogens is 316 g/mol. The molecule has 0 N–H and O–H groups in total. The first-order chi connectivity index (χ1) is 12.0. The minimum absolute atomic E-state index is 0.238. The van der Waals surface area contributed by atoms with E-state index in [1.165, 1.54) is 0 Å². The summed E-state index contributed by atoms with van der Waals surface area (Å²) in [6.45, 7) is 8.03. The number of likely N-dealkylation sites (tertiary alicyclic amines) is 1. The summed E-state index contributed by atoms with van der Waals surface area (Å²) in [5, 5.41) is 0. The van der Waals surface area contributed by atoms with Gasteiger partial charge in [0, 0.05) is 32.2 Å². The predicted octanol–water partition coefficient (Wildman–Crippen LogP) is 2.34. The molecule has 0 bridgehead atoms. The fourth-order valence-corrected chi connectivity index (χ4v) is 4.10. The third-order valence-corrected chi connectivity index (χ3v) is 5.18. The van der Waals surface area contributed by atoms with Gasteiger partial charge in [-0.1, -0.05) is 12.1 Å². The Bertz CT molecular complexity index is 565. The van der Waals surface area contributed by atoms with E-state index >= 15 is 0 Å². The van der Waals surface area contributed by atoms with Crippen molar-refractivity contribution < 1.29 is 14.3 Å². The first kappa shape index (κ1) is 18.2. The second-order valence-corrected chi connectivity index (χ2v) is 7.38. The maximum Gasteiger partial charge on any atom is 0.227 e. The predicted molar refractivity (Wildman–Crippen MR) is 97.9 cm³/mol. The summed E-state index contributed by atoms with van der Waals surface area (Å²) in [7, 11) is 1.66. The zero-order chi connectivity index (χ0) is 17.8. The molecule has 2 heterocycles. The molecule has 5 nitrogen and oxygen atoms in total. The third-order valence-electron chi connectivity index (χ3n) is 5.18. The number of methoxy groups -OCH3 is 1. The Morgan fingerprint density at radius 1 is 1.20 bits per heavy atom. The van der Waals surface area contributed by atoms with Gasteiger partial charge >= 0.3 is 0 Å². The van der Waals surface area contributed by atoms with E-state index in [0.717, 1.165) is 50.3 Å². The van der Waals surface area contributed by atoms with Gasteiger partial charge in [-0.2, -0.15) is 0 Å². The average Bonchev–Trinajstić information content (AvgIpc) is 3.03. The molecule has 0 radical (unpaired) electrons. The highest BCUT2D eigenvalue weighted by Crippen LogP contribution is 2.22. The van der Waals surface area contributed by atoms with Crippen molar-refractivity contribution in [1.29, 1.82) is 0 Å². The smallest absolute Gasteiger partial charge is 0.227 e. The average molecular weight is 346 g/mol. The quantitative estimate of drug-likeness (QED) is 0.821. The van der Waals surface area contributed by atoms with Gasteiger partial charge in [0.15, 0.2) is 0 Å². The van der Waals surface area contributed by atoms with Gasteiger partial charge < -0.3 is 14.4 Å². The summed E-state index contributed by atoms with van der Waals surface area (Å²) >= 11 is 0. The van der Waals surface area contributed by atoms with Crippen LogP contribution in [0.4, 0.5) is 0 Å². The molecule has 0 aliphatic carbocycles. The molecule has 1 aromatic carbocycles. The van der Waals surface area contributed by atoms with Crippen molar-refractivity contribution in [3.63, 3.8) is 0 Å². The number of nitrogens with zero attached hydrogens (tertiary/aromatic N) is 2. The molecule has 3 atom stereocenters. The molecule has 1 amide bonds. The van der Waals surface area contributed by atoms with Gasteiger partial charge in [-0.05, 0) is 44.4 Å². The van der Waals surface area contributed by atoms with Crippen molar-refractivity contribution in [2.24, 2.45) is 0 Å². The maximum absolute atomic E-state index is 12.8. The zero-order valence-electron chi connectivity index (χ0n) is 15.6. The summed E-state index contributed by atoms with van der Waals surface area (Å²) in [6, 6.07) is 8.13. The standard InChI is InChI=1S/C20H30N2O3/c1-15-12-21(13-16(2)25-15)14-18-5-4-10-22(18)20(23)11-17-6-8-19(24-3)9-7-17/h6-9,15-16,18H,4-5,10-14H2,1-3H3/t15-,16+,18-/m1/s1. The minimum atomic E-state index is 0.238. The van der Waals surface area contributed by atoms with E-state index in [4.69, 9.17) is 9.47 Å². The van der Waals surface area contributed by atoms with Gasteiger partial charge in [0.1, 0.15) is 5.75 Å². The lowest BCUT2D eigenvalue weighted by Crippen LogP contribution is -2.51. The van der Waals surface area contributed by atoms with Crippen molar-refractivity contribution in [1.82, 2.24) is 9.80 Å². The lowest BCUT2D eigenvalue weighted by atomic mass is 10.1. The largest absolute Gasteiger partial charge is 0.497 e. The Hall–Kier alpha value is -1.59. The van der Waals surface area contributed by atoms with E-state index in [1.807, 2.05) is 24.3 Å². The van der Waals surface area contributed by atoms with Crippen LogP contribution < -0.4 is 4.74 Å². The summed E-state index contributed by atoms with van der Waals surface area (Å²) < 4.78 is 11.0. The number of ether oxygens (including phenoxy) is 2. The molecule has 0 aromatic heterocycles. The van der Waals surface area contributed by atoms with Gasteiger partial charge in [-0.25, -0.2) is 0 Å². The van der Waals surface area contributed by atoms with Gasteiger partial charge in [0.25, 0.3) is 0 Å². The Balaban J connectivity index is 1.57. The number of hydrogen-bond donors (Lipinski definition) is 0. The van der Waals surface area contributed by atoms with E-state index in [9.17, 15) is 4.79 Å². The Morgan fingerprint density at radius 2 is 1.88 bits per heavy atom. The van der Waals surface area contributed by atoms with Crippen LogP contribution in [0.5, 0.6) is 5.75 Å². The van der Waals surface area contributed by atoms with Crippen LogP contribution in [0.15, 0.2) is 24.3 Å². The fourth-order valence-electron chi connectivity index (χ4n) is 4.10. The van der Waals surface area contributed by atoms with Gasteiger partial charge in [-0.3, -0.25) is 9.69 Å². The third kappa shape index (κ3) is 4.73. The Labute approximate surface area is 150 Å². The molecule has 1 aromatic rings. The molecular formula is C20H30N2O3. The number of hydrogen-bond acceptors (Lipinski definition) is 4. The molecule has 2 aliphatic heterocycles. The molecule has 25 heavy (non-hydrogen) atoms. The second kappa shape index (κ2) is 8.19. The number of morpholine rings is 1. The van der Waals surface area contributed by atoms with Crippen molar-refractivity contribution in [2.75, 3.05) is 33.3 Å². The fraction of sp³-hybridized carbons (Fsp3) is 0.650. The van der Waals surface area contributed by atoms with Gasteiger partial charge in [0.2, 0.25) is 5.91 Å². The monoisotopic (exact) mass is 346 g/mol. The normalized spacial score (nSPS) is 27.5. The Morgan fingerprint density at radius 3 is 2.52 bits per heavy atom. The van der Waals surface area contributed by atoms with Crippen LogP contribution in [0, 0.1) is 0 Å². The zero-order valence-corrected chi connectivity index (χ0v) is 15.6. The SMILES string of the molecule is COc1ccc(CC(=O)N2CCC[C@@H]2CN2C[C@@H](C)O[C@@H](C)C2)cc1. The van der Waals surface area contributed by atoms with Crippen LogP contribution in [-0.2, 0) is 16.0 Å². The van der Waals surface area contributed by atoms with E-state index in [1.54, 1.807) is 7.11 Å². The van der Waals surface area contributed by atoms with Crippen LogP contribution in [0.25, 0.3) is 0 Å². The molecule has 2 saturated heterocycles. The number of benzene rings is 1. The Kier molecular flexibility index (Phi) is 5.97. The molecule has 0 saturated carbocycles. The van der Waals surface area contributed by atoms with E-state index in [-0.39, 0.29) is 18.1 Å². The highest BCUT2D eigenvalue weighted by molar-refractivity contribution is 5.79. The number of amides is 1. The molecule has 138 valence electrons. The summed E-state index contributed by atoms with van der Waals surface area (Å²) in [5.41, 5.74) is 1.05. The minimum Gasteiger partial charge on any atom is -0.497 e. The highest BCUT2D eigenvalue weighted by Gasteiger charge is 2.32. The topological polar surface area (TPSA) is 42.0 Å². The molecule has 0 unspecified atom stereocenters. The molecule has 0 spiro atoms. The first-order valence-corrected chi connectivity index (χ1v) is 9.35. The highest BCUT2D eigenvalue weighted by atomic mass is 16.5. The van der Waals surface area contributed by atoms with Crippen LogP contribution in [-0.4, -0.2) is 67.2 Å². The summed E-state index contributed by atoms with van der Waals surface area (Å²) in [5.74, 6) is 1.06. The van der Waals surface area contributed by atoms with Crippen LogP contribution in [0.1, 0.15) is 32.3 Å². The summed E-state index contributed by atoms with van der Waals surface area (Å²) in [6.07, 6.45) is 3.22. The van der Waals surface area contributed by atoms with Gasteiger partial charge in [-0.15, -0.1) is 0 Å². The van der Waals surface area contributed by atoms with E-state index in [2.05, 4.69) is 23.6 Å². The number of carbonyl (C=O) groups excluding carboxylic acids is 1. The lowest BCUT2D eigenvalue weighted by Gasteiger charge is -2.38. The molecule has 2 fully saturated rings. The van der Waals surface area contributed by atoms with Crippen molar-refractivity contribution >= 4 is 5.91 Å². The number of carbonyl (C=O) groups is 1. The van der Waals surface area contributed by atoms with Crippen LogP contribution in [0.2, 0.25) is 0 Å². The lowest BCUT2D eigenvalue weighted by molar-refractivity contribution is -0.132. The molecule has 3 rings (SSSR count). The second-order valence-electron chi connectivity index (χ2n) is 7.38. The maximum atomic E-state index is 12.8. The van der Waals surface area contributed by atoms with Crippen molar-refractivity contribution in [2.45, 2.75) is 51.4 Å². The van der Waals surface area contributed by atoms with E-state index < -0.39 is 0 Å². The molecule has 2 aliphatic rings. The van der Waals surface area contributed by atoms with E-state index in [0.29, 0.717) is 12.5 Å². The van der Waals surface area contributed by atoms with Crippen molar-refractivity contribution in [3.8, 4) is 5.75 Å². The first-order valence-electron chi connectivity index (χ1n) is 9.35. The van der Waals surface area contributed by atoms with Gasteiger partial charge in [0.05, 0.1) is 25.7 Å². The van der Waals surface area contributed by atoms with Crippen LogP contribution >= 0.6 is 0 Å². The summed E-state index contributed by atoms with van der Waals surface area (Å²) in [4.78, 5) is 17.4. The van der Waals surface area contributed by atoms with Crippen LogP contribution in [0.3, 0.4) is 0 Å². The van der Waals surface area contributed by atoms with Crippen molar-refractivity contribution in [3.05, 3.63) is 29.8 Å². The molecule has 5 heteroatoms.